The molecule has 0 amide bonds. The summed E-state index contributed by atoms with van der Waals surface area (Å²) in [6.45, 7) is 25.4. The first-order valence-corrected chi connectivity index (χ1v) is 40.8. The minimum Gasteiger partial charge on any atom is -0.289 e. The lowest BCUT2D eigenvalue weighted by molar-refractivity contribution is 0.103. The predicted molar refractivity (Wildman–Crippen MR) is 435 cm³/mol. The standard InChI is InChI=1S/C94H82N4O2S4/c1-7-11-15-19-27-59-35-43-64(44-36-59)93(65-45-37-60(38-46-65)28-20-16-12-8-2)78-56-75-79(55-74(78)88-84(93)90-80(103-88)53-68(101-90)51-76-82(63(57-95)58-96)70-31-23-25-33-72(70)86(76)99)94(66-47-39-61(40-48-66)29-21-17-13-9-3,67-49-41-62(42-50-67)30-22-18-14-10-4)85-89(75)104-81-54-69(102-91(81)85)52-77-83(92(97-5)98-6)71-32-24-26-34-73(71)87(77)100/h23-26,31-56H,7-22,27-30H2,1-4H3/b76-51+,77-52+. The van der Waals surface area contributed by atoms with Crippen LogP contribution in [0.5, 0.6) is 0 Å². The molecule has 4 aliphatic carbocycles. The van der Waals surface area contributed by atoms with Crippen LogP contribution in [0.15, 0.2) is 192 Å². The van der Waals surface area contributed by atoms with Crippen LogP contribution in [-0.4, -0.2) is 11.6 Å². The van der Waals surface area contributed by atoms with Crippen molar-refractivity contribution in [3.8, 4) is 33.0 Å². The number of allylic oxidation sites excluding steroid dienone is 5. The van der Waals surface area contributed by atoms with Gasteiger partial charge in [0.15, 0.2) is 11.6 Å². The van der Waals surface area contributed by atoms with Crippen molar-refractivity contribution >= 4 is 99.0 Å². The van der Waals surface area contributed by atoms with Gasteiger partial charge >= 0.3 is 5.82 Å². The molecule has 15 rings (SSSR count). The van der Waals surface area contributed by atoms with E-state index < -0.39 is 10.8 Å². The number of carbonyl (C=O) groups is 2. The number of nitrogens with zero attached hydrogens (tertiary/aromatic N) is 4. The molecule has 4 aromatic heterocycles. The molecule has 0 fully saturated rings. The van der Waals surface area contributed by atoms with Gasteiger partial charge in [0, 0.05) is 67.9 Å². The molecule has 0 radical (unpaired) electrons. The second-order valence-electron chi connectivity index (χ2n) is 28.5. The van der Waals surface area contributed by atoms with Gasteiger partial charge in [0.25, 0.3) is 0 Å². The number of unbranched alkanes of at least 4 members (excludes halogenated alkanes) is 12. The molecule has 4 aliphatic rings. The van der Waals surface area contributed by atoms with Gasteiger partial charge in [-0.3, -0.25) is 9.59 Å². The number of fused-ring (bicyclic) bond motifs is 12. The van der Waals surface area contributed by atoms with E-state index >= 15 is 0 Å². The van der Waals surface area contributed by atoms with Crippen molar-refractivity contribution in [2.75, 3.05) is 0 Å². The lowest BCUT2D eigenvalue weighted by Crippen LogP contribution is -2.30. The largest absolute Gasteiger partial charge is 0.528 e. The van der Waals surface area contributed by atoms with Gasteiger partial charge in [-0.15, -0.1) is 45.3 Å². The van der Waals surface area contributed by atoms with Crippen LogP contribution in [0.2, 0.25) is 0 Å². The third-order valence-electron chi connectivity index (χ3n) is 22.2. The Bertz CT molecular complexity index is 5030. The summed E-state index contributed by atoms with van der Waals surface area (Å²) in [5.74, 6) is -0.479. The molecule has 11 aromatic rings. The molecule has 0 atom stereocenters. The van der Waals surface area contributed by atoms with Crippen LogP contribution < -0.4 is 0 Å². The number of benzene rings is 7. The Kier molecular flexibility index (Phi) is 20.2. The van der Waals surface area contributed by atoms with Gasteiger partial charge in [-0.2, -0.15) is 20.2 Å². The minimum absolute atomic E-state index is 0.0786. The van der Waals surface area contributed by atoms with Crippen molar-refractivity contribution < 1.29 is 9.59 Å². The van der Waals surface area contributed by atoms with Crippen LogP contribution in [0, 0.1) is 35.8 Å². The minimum atomic E-state index is -0.835. The summed E-state index contributed by atoms with van der Waals surface area (Å²) < 4.78 is 4.51. The van der Waals surface area contributed by atoms with E-state index in [0.717, 1.165) is 79.9 Å². The second kappa shape index (κ2) is 30.1. The van der Waals surface area contributed by atoms with Crippen molar-refractivity contribution in [2.24, 2.45) is 0 Å². The third kappa shape index (κ3) is 12.0. The Balaban J connectivity index is 1.01. The summed E-state index contributed by atoms with van der Waals surface area (Å²) in [5.41, 5.74) is 19.4. The summed E-state index contributed by atoms with van der Waals surface area (Å²) in [6, 6.07) is 67.1. The van der Waals surface area contributed by atoms with E-state index in [1.807, 2.05) is 71.2 Å². The predicted octanol–water partition coefficient (Wildman–Crippen LogP) is 26.3. The van der Waals surface area contributed by atoms with Gasteiger partial charge < -0.3 is 0 Å². The normalized spacial score (nSPS) is 14.9. The highest BCUT2D eigenvalue weighted by Crippen LogP contribution is 2.68. The van der Waals surface area contributed by atoms with Gasteiger partial charge in [0.05, 0.1) is 25.8 Å². The molecule has 0 unspecified atom stereocenters. The van der Waals surface area contributed by atoms with Gasteiger partial charge in [-0.25, -0.2) is 0 Å². The first kappa shape index (κ1) is 69.8. The Morgan fingerprint density at radius 2 is 0.731 bits per heavy atom. The Labute approximate surface area is 628 Å². The molecule has 6 nitrogen and oxygen atoms in total. The number of hydrogen-bond donors (Lipinski definition) is 0. The molecule has 10 heteroatoms. The van der Waals surface area contributed by atoms with E-state index in [2.05, 4.69) is 171 Å². The molecule has 514 valence electrons. The zero-order chi connectivity index (χ0) is 71.6. The highest BCUT2D eigenvalue weighted by atomic mass is 32.1. The maximum atomic E-state index is 14.7. The highest BCUT2D eigenvalue weighted by molar-refractivity contribution is 7.31. The molecule has 4 heterocycles. The Hall–Kier alpha value is -9.88. The fourth-order valence-corrected chi connectivity index (χ4v) is 22.5. The number of carbonyl (C=O) groups excluding carboxylic acids is 2. The first-order chi connectivity index (χ1) is 51.1. The van der Waals surface area contributed by atoms with Crippen molar-refractivity contribution in [1.82, 2.24) is 0 Å². The lowest BCUT2D eigenvalue weighted by Gasteiger charge is -2.36. The molecule has 0 aliphatic heterocycles. The molecule has 0 spiro atoms. The van der Waals surface area contributed by atoms with Gasteiger partial charge in [0.1, 0.15) is 30.9 Å². The summed E-state index contributed by atoms with van der Waals surface area (Å²) in [5, 5.41) is 20.9. The Morgan fingerprint density at radius 3 is 1.06 bits per heavy atom. The van der Waals surface area contributed by atoms with Crippen LogP contribution in [0.3, 0.4) is 0 Å². The summed E-state index contributed by atoms with van der Waals surface area (Å²) in [4.78, 5) is 40.9. The number of rotatable bonds is 26. The van der Waals surface area contributed by atoms with Crippen LogP contribution in [-0.2, 0) is 36.5 Å². The van der Waals surface area contributed by atoms with Crippen LogP contribution >= 0.6 is 45.3 Å². The first-order valence-electron chi connectivity index (χ1n) is 37.5. The average Bonchev–Trinajstić information content (AvgIpc) is 1.49. The van der Waals surface area contributed by atoms with Crippen LogP contribution in [0.4, 0.5) is 0 Å². The molecule has 104 heavy (non-hydrogen) atoms. The van der Waals surface area contributed by atoms with Crippen molar-refractivity contribution in [3.63, 3.8) is 0 Å². The van der Waals surface area contributed by atoms with Crippen molar-refractivity contribution in [2.45, 2.75) is 167 Å². The molecule has 0 saturated carbocycles. The van der Waals surface area contributed by atoms with E-state index in [4.69, 9.17) is 13.1 Å². The number of nitriles is 2. The van der Waals surface area contributed by atoms with E-state index in [0.29, 0.717) is 44.5 Å². The van der Waals surface area contributed by atoms with Crippen molar-refractivity contribution in [3.05, 3.63) is 314 Å². The number of aryl methyl sites for hydroxylation is 4. The zero-order valence-electron chi connectivity index (χ0n) is 59.7. The summed E-state index contributed by atoms with van der Waals surface area (Å²) >= 11 is 7.04. The molecule has 0 N–H and O–H groups in total. The smallest absolute Gasteiger partial charge is 0.289 e. The lowest BCUT2D eigenvalue weighted by atomic mass is 9.65. The fraction of sp³-hybridized carbons (Fsp3) is 0.277. The highest BCUT2D eigenvalue weighted by Gasteiger charge is 2.55. The number of Topliss-reactive ketones (excluding diaryl/α,β-unsaturated/α-hetero) is 2. The topological polar surface area (TPSA) is 90.4 Å². The van der Waals surface area contributed by atoms with Gasteiger partial charge in [-0.05, 0) is 166 Å². The number of hydrogen-bond acceptors (Lipinski definition) is 8. The molecule has 0 bridgehead atoms. The molecular weight excluding hydrogens is 1350 g/mol. The van der Waals surface area contributed by atoms with Crippen molar-refractivity contribution in [1.29, 1.82) is 10.5 Å². The fourth-order valence-electron chi connectivity index (χ4n) is 17.1. The average molecular weight is 1430 g/mol. The molecule has 7 aromatic carbocycles. The maximum Gasteiger partial charge on any atom is 0.528 e. The van der Waals surface area contributed by atoms with E-state index in [9.17, 15) is 20.1 Å². The quantitative estimate of drug-likeness (QED) is 0.0234. The monoisotopic (exact) mass is 1430 g/mol. The molecule has 0 saturated heterocycles. The van der Waals surface area contributed by atoms with Crippen LogP contribution in [0.25, 0.3) is 72.7 Å². The zero-order valence-corrected chi connectivity index (χ0v) is 63.0. The van der Waals surface area contributed by atoms with Gasteiger partial charge in [0.2, 0.25) is 0 Å². The third-order valence-corrected chi connectivity index (χ3v) is 27.0. The number of ketones is 2. The maximum absolute atomic E-state index is 14.7. The number of thiophene rings is 4. The second-order valence-corrected chi connectivity index (χ2v) is 32.8. The SMILES string of the molecule is [C-]#[N+]C([N+]#[C-])=C1/C(=C\c2cc3sc4c(c3s2)C(c2ccc(CCCCCC)cc2)(c2ccc(CCCCCC)cc2)c2cc3c(cc2-4)C(c2ccc(CCCCCC)cc2)(c2ccc(CCCCCC)cc2)c2c-3sc3cc(/C=C4/C(=O)c5ccccc5C4=C(C#N)C#N)sc23)C(=O)c2ccccc21. The van der Waals surface area contributed by atoms with E-state index in [-0.39, 0.29) is 23.0 Å². The van der Waals surface area contributed by atoms with E-state index in [1.165, 1.54) is 165 Å². The molecular formula is C94H82N4O2S4. The van der Waals surface area contributed by atoms with E-state index in [1.54, 1.807) is 34.8 Å². The summed E-state index contributed by atoms with van der Waals surface area (Å²) in [7, 11) is 0. The van der Waals surface area contributed by atoms with Crippen LogP contribution in [0.1, 0.15) is 239 Å². The summed E-state index contributed by atoms with van der Waals surface area (Å²) in [6.07, 6.45) is 26.8. The van der Waals surface area contributed by atoms with Gasteiger partial charge in [-0.1, -0.05) is 250 Å². The Morgan fingerprint density at radius 1 is 0.404 bits per heavy atom.